The number of ether oxygens (including phenoxy) is 1. The van der Waals surface area contributed by atoms with E-state index in [0.717, 1.165) is 11.8 Å². The lowest BCUT2D eigenvalue weighted by Gasteiger charge is -2.23. The zero-order valence-electron chi connectivity index (χ0n) is 10.5. The zero-order valence-corrected chi connectivity index (χ0v) is 10.5. The maximum atomic E-state index is 11.7. The molecule has 1 fully saturated rings. The van der Waals surface area contributed by atoms with E-state index < -0.39 is 5.41 Å². The Kier molecular flexibility index (Phi) is 3.65. The van der Waals surface area contributed by atoms with E-state index in [9.17, 15) is 9.59 Å². The highest BCUT2D eigenvalue weighted by atomic mass is 16.6. The van der Waals surface area contributed by atoms with Crippen LogP contribution in [0.5, 0.6) is 0 Å². The van der Waals surface area contributed by atoms with Crippen LogP contribution < -0.4 is 0 Å². The van der Waals surface area contributed by atoms with Crippen LogP contribution in [0.1, 0.15) is 18.9 Å². The molecule has 0 bridgehead atoms. The summed E-state index contributed by atoms with van der Waals surface area (Å²) in [4.78, 5) is 24.7. The Bertz CT molecular complexity index is 432. The summed E-state index contributed by atoms with van der Waals surface area (Å²) in [7, 11) is 0. The third-order valence-electron chi connectivity index (χ3n) is 3.40. The minimum atomic E-state index is -0.575. The van der Waals surface area contributed by atoms with Crippen LogP contribution >= 0.6 is 0 Å². The molecule has 1 aliphatic heterocycles. The Hall–Kier alpha value is -1.84. The van der Waals surface area contributed by atoms with Gasteiger partial charge >= 0.3 is 6.09 Å². The summed E-state index contributed by atoms with van der Waals surface area (Å²) < 4.78 is 4.97. The Morgan fingerprint density at radius 3 is 2.78 bits per heavy atom. The first-order chi connectivity index (χ1) is 8.72. The molecule has 96 valence electrons. The Balaban J connectivity index is 2.17. The topological polar surface area (TPSA) is 46.6 Å². The van der Waals surface area contributed by atoms with E-state index in [1.165, 1.54) is 0 Å². The second kappa shape index (κ2) is 5.21. The van der Waals surface area contributed by atoms with Gasteiger partial charge in [0.15, 0.2) is 0 Å². The van der Waals surface area contributed by atoms with Gasteiger partial charge in [0, 0.05) is 13.1 Å². The molecule has 1 amide bonds. The molecule has 4 heteroatoms. The fourth-order valence-electron chi connectivity index (χ4n) is 2.37. The van der Waals surface area contributed by atoms with E-state index in [4.69, 9.17) is 4.74 Å². The second-order valence-corrected chi connectivity index (χ2v) is 4.51. The number of nitrogens with zero attached hydrogens (tertiary/aromatic N) is 1. The van der Waals surface area contributed by atoms with Crippen LogP contribution in [0, 0.1) is 0 Å². The molecule has 0 saturated carbocycles. The number of hydrogen-bond acceptors (Lipinski definition) is 3. The van der Waals surface area contributed by atoms with E-state index >= 15 is 0 Å². The number of carbonyl (C=O) groups excluding carboxylic acids is 2. The van der Waals surface area contributed by atoms with Crippen molar-refractivity contribution in [3.8, 4) is 0 Å². The highest BCUT2D eigenvalue weighted by Crippen LogP contribution is 2.32. The molecule has 0 N–H and O–H groups in total. The SMILES string of the molecule is CCOC(=O)N1CCC(C=O)(c2ccccc2)C1. The van der Waals surface area contributed by atoms with E-state index in [-0.39, 0.29) is 6.09 Å². The van der Waals surface area contributed by atoms with Crippen LogP contribution in [0.15, 0.2) is 30.3 Å². The van der Waals surface area contributed by atoms with Gasteiger partial charge in [-0.2, -0.15) is 0 Å². The molecule has 4 nitrogen and oxygen atoms in total. The van der Waals surface area contributed by atoms with Crippen molar-refractivity contribution in [3.05, 3.63) is 35.9 Å². The largest absolute Gasteiger partial charge is 0.450 e. The van der Waals surface area contributed by atoms with Crippen LogP contribution in [-0.4, -0.2) is 37.0 Å². The first-order valence-corrected chi connectivity index (χ1v) is 6.15. The van der Waals surface area contributed by atoms with Gasteiger partial charge in [-0.25, -0.2) is 4.79 Å². The number of carbonyl (C=O) groups is 2. The van der Waals surface area contributed by atoms with Gasteiger partial charge in [-0.3, -0.25) is 0 Å². The number of aldehydes is 1. The normalized spacial score (nSPS) is 22.8. The highest BCUT2D eigenvalue weighted by Gasteiger charge is 2.41. The van der Waals surface area contributed by atoms with Gasteiger partial charge in [0.2, 0.25) is 0 Å². The van der Waals surface area contributed by atoms with Crippen molar-refractivity contribution in [2.45, 2.75) is 18.8 Å². The van der Waals surface area contributed by atoms with Crippen LogP contribution in [-0.2, 0) is 14.9 Å². The number of hydrogen-bond donors (Lipinski definition) is 0. The average molecular weight is 247 g/mol. The molecule has 1 heterocycles. The molecular formula is C14H17NO3. The van der Waals surface area contributed by atoms with E-state index in [1.54, 1.807) is 11.8 Å². The van der Waals surface area contributed by atoms with Crippen LogP contribution in [0.3, 0.4) is 0 Å². The lowest BCUT2D eigenvalue weighted by atomic mass is 9.81. The maximum absolute atomic E-state index is 11.7. The molecule has 0 spiro atoms. The summed E-state index contributed by atoms with van der Waals surface area (Å²) in [5, 5.41) is 0. The lowest BCUT2D eigenvalue weighted by Crippen LogP contribution is -2.35. The van der Waals surface area contributed by atoms with Crippen molar-refractivity contribution < 1.29 is 14.3 Å². The lowest BCUT2D eigenvalue weighted by molar-refractivity contribution is -0.112. The Morgan fingerprint density at radius 2 is 2.17 bits per heavy atom. The molecule has 0 radical (unpaired) electrons. The predicted molar refractivity (Wildman–Crippen MR) is 67.4 cm³/mol. The first-order valence-electron chi connectivity index (χ1n) is 6.15. The molecule has 1 unspecified atom stereocenters. The summed E-state index contributed by atoms with van der Waals surface area (Å²) in [5.74, 6) is 0. The van der Waals surface area contributed by atoms with Gasteiger partial charge in [0.05, 0.1) is 12.0 Å². The fraction of sp³-hybridized carbons (Fsp3) is 0.429. The summed E-state index contributed by atoms with van der Waals surface area (Å²) in [6.45, 7) is 3.10. The highest BCUT2D eigenvalue weighted by molar-refractivity contribution is 5.74. The van der Waals surface area contributed by atoms with Gasteiger partial charge < -0.3 is 14.4 Å². The molecule has 1 aliphatic rings. The number of benzene rings is 1. The van der Waals surface area contributed by atoms with Crippen molar-refractivity contribution >= 4 is 12.4 Å². The fourth-order valence-corrected chi connectivity index (χ4v) is 2.37. The van der Waals surface area contributed by atoms with Crippen molar-refractivity contribution in [3.63, 3.8) is 0 Å². The van der Waals surface area contributed by atoms with Gasteiger partial charge in [0.25, 0.3) is 0 Å². The van der Waals surface area contributed by atoms with Crippen molar-refractivity contribution in [2.75, 3.05) is 19.7 Å². The second-order valence-electron chi connectivity index (χ2n) is 4.51. The number of likely N-dealkylation sites (tertiary alicyclic amines) is 1. The minimum Gasteiger partial charge on any atom is -0.450 e. The van der Waals surface area contributed by atoms with Crippen molar-refractivity contribution in [1.29, 1.82) is 0 Å². The Labute approximate surface area is 107 Å². The molecule has 18 heavy (non-hydrogen) atoms. The smallest absolute Gasteiger partial charge is 0.409 e. The quantitative estimate of drug-likeness (QED) is 0.767. The van der Waals surface area contributed by atoms with E-state index in [2.05, 4.69) is 0 Å². The van der Waals surface area contributed by atoms with Crippen molar-refractivity contribution in [2.24, 2.45) is 0 Å². The molecule has 1 aromatic carbocycles. The molecule has 0 aliphatic carbocycles. The van der Waals surface area contributed by atoms with E-state index in [0.29, 0.717) is 26.1 Å². The third kappa shape index (κ3) is 2.23. The Morgan fingerprint density at radius 1 is 1.44 bits per heavy atom. The first kappa shape index (κ1) is 12.6. The summed E-state index contributed by atoms with van der Waals surface area (Å²) in [6, 6.07) is 9.60. The van der Waals surface area contributed by atoms with Crippen LogP contribution in [0.25, 0.3) is 0 Å². The molecule has 1 aromatic rings. The van der Waals surface area contributed by atoms with Crippen LogP contribution in [0.4, 0.5) is 4.79 Å². The van der Waals surface area contributed by atoms with Gasteiger partial charge in [-0.15, -0.1) is 0 Å². The minimum absolute atomic E-state index is 0.336. The maximum Gasteiger partial charge on any atom is 0.409 e. The monoisotopic (exact) mass is 247 g/mol. The van der Waals surface area contributed by atoms with Gasteiger partial charge in [-0.1, -0.05) is 30.3 Å². The molecular weight excluding hydrogens is 230 g/mol. The van der Waals surface area contributed by atoms with Gasteiger partial charge in [0.1, 0.15) is 6.29 Å². The van der Waals surface area contributed by atoms with Crippen molar-refractivity contribution in [1.82, 2.24) is 4.90 Å². The number of amides is 1. The molecule has 1 saturated heterocycles. The number of rotatable bonds is 3. The molecule has 0 aromatic heterocycles. The third-order valence-corrected chi connectivity index (χ3v) is 3.40. The van der Waals surface area contributed by atoms with Crippen LogP contribution in [0.2, 0.25) is 0 Å². The molecule has 2 rings (SSSR count). The standard InChI is InChI=1S/C14H17NO3/c1-2-18-13(17)15-9-8-14(10-15,11-16)12-6-4-3-5-7-12/h3-7,11H,2,8-10H2,1H3. The average Bonchev–Trinajstić information content (AvgIpc) is 2.86. The molecule has 1 atom stereocenters. The predicted octanol–water partition coefficient (Wildman–Crippen LogP) is 1.99. The zero-order chi connectivity index (χ0) is 13.0. The summed E-state index contributed by atoms with van der Waals surface area (Å²) >= 11 is 0. The summed E-state index contributed by atoms with van der Waals surface area (Å²) in [6.07, 6.45) is 1.28. The summed E-state index contributed by atoms with van der Waals surface area (Å²) in [5.41, 5.74) is 0.389. The van der Waals surface area contributed by atoms with E-state index in [1.807, 2.05) is 30.3 Å². The van der Waals surface area contributed by atoms with Gasteiger partial charge in [-0.05, 0) is 18.9 Å².